The van der Waals surface area contributed by atoms with Crippen LogP contribution in [0.25, 0.3) is 0 Å². The minimum absolute atomic E-state index is 0.392. The lowest BCUT2D eigenvalue weighted by Crippen LogP contribution is -2.44. The van der Waals surface area contributed by atoms with Crippen molar-refractivity contribution >= 4 is 22.1 Å². The summed E-state index contributed by atoms with van der Waals surface area (Å²) in [5.41, 5.74) is 4.23. The van der Waals surface area contributed by atoms with Gasteiger partial charge in [0.15, 0.2) is 6.10 Å². The number of rotatable bonds is 5. The van der Waals surface area contributed by atoms with Gasteiger partial charge in [0.25, 0.3) is 10.1 Å². The molecule has 1 atom stereocenters. The van der Waals surface area contributed by atoms with Crippen LogP contribution in [0.2, 0.25) is 0 Å². The largest absolute Gasteiger partial charge is 0.444 e. The van der Waals surface area contributed by atoms with E-state index in [1.54, 1.807) is 20.8 Å². The quantitative estimate of drug-likeness (QED) is 0.645. The molecule has 0 aromatic rings. The second-order valence-electron chi connectivity index (χ2n) is 4.57. The molecule has 0 radical (unpaired) electrons. The van der Waals surface area contributed by atoms with Crippen molar-refractivity contribution in [2.45, 2.75) is 32.5 Å². The van der Waals surface area contributed by atoms with Crippen LogP contribution in [-0.2, 0) is 23.8 Å². The number of hydrogen-bond donors (Lipinski definition) is 2. The van der Waals surface area contributed by atoms with E-state index in [-0.39, 0.29) is 0 Å². The topological polar surface area (TPSA) is 125 Å². The summed E-state index contributed by atoms with van der Waals surface area (Å²) in [4.78, 5) is 22.2. The van der Waals surface area contributed by atoms with Crippen LogP contribution in [0.3, 0.4) is 0 Å². The van der Waals surface area contributed by atoms with Gasteiger partial charge in [-0.3, -0.25) is 8.98 Å². The first kappa shape index (κ1) is 16.6. The average Bonchev–Trinajstić information content (AvgIpc) is 2.06. The van der Waals surface area contributed by atoms with Gasteiger partial charge >= 0.3 is 6.09 Å². The SMILES string of the molecule is CC(C)(C)OC(=O)NCC(OS(C)(=O)=O)C(N)=O. The number of carbonyl (C=O) groups is 2. The highest BCUT2D eigenvalue weighted by atomic mass is 32.2. The zero-order chi connectivity index (χ0) is 14.6. The molecule has 8 nitrogen and oxygen atoms in total. The minimum atomic E-state index is -3.84. The second-order valence-corrected chi connectivity index (χ2v) is 6.17. The van der Waals surface area contributed by atoms with Crippen molar-refractivity contribution in [3.63, 3.8) is 0 Å². The lowest BCUT2D eigenvalue weighted by molar-refractivity contribution is -0.124. The number of hydrogen-bond acceptors (Lipinski definition) is 6. The lowest BCUT2D eigenvalue weighted by atomic mass is 10.2. The molecule has 0 heterocycles. The van der Waals surface area contributed by atoms with Crippen molar-refractivity contribution < 1.29 is 26.9 Å². The molecule has 0 aromatic carbocycles. The molecule has 106 valence electrons. The number of nitrogens with two attached hydrogens (primary N) is 1. The van der Waals surface area contributed by atoms with Gasteiger partial charge in [0.1, 0.15) is 5.60 Å². The Morgan fingerprint density at radius 1 is 1.33 bits per heavy atom. The third-order valence-electron chi connectivity index (χ3n) is 1.44. The standard InChI is InChI=1S/C9H18N2O6S/c1-9(2,3)16-8(13)11-5-6(7(10)12)17-18(4,14)15/h6H,5H2,1-4H3,(H2,10,12)(H,11,13). The van der Waals surface area contributed by atoms with Gasteiger partial charge < -0.3 is 15.8 Å². The highest BCUT2D eigenvalue weighted by Crippen LogP contribution is 2.06. The molecule has 0 fully saturated rings. The Balaban J connectivity index is 4.38. The summed E-state index contributed by atoms with van der Waals surface area (Å²) in [6, 6.07) is 0. The molecule has 0 aromatic heterocycles. The van der Waals surface area contributed by atoms with Crippen LogP contribution < -0.4 is 11.1 Å². The minimum Gasteiger partial charge on any atom is -0.444 e. The van der Waals surface area contributed by atoms with Gasteiger partial charge in [-0.2, -0.15) is 8.42 Å². The molecule has 1 unspecified atom stereocenters. The van der Waals surface area contributed by atoms with Crippen LogP contribution in [-0.4, -0.2) is 44.9 Å². The van der Waals surface area contributed by atoms with Crippen LogP contribution in [0.1, 0.15) is 20.8 Å². The molecule has 9 heteroatoms. The molecule has 0 saturated carbocycles. The number of amides is 2. The monoisotopic (exact) mass is 282 g/mol. The van der Waals surface area contributed by atoms with E-state index >= 15 is 0 Å². The summed E-state index contributed by atoms with van der Waals surface area (Å²) in [6.07, 6.45) is -1.49. The molecular weight excluding hydrogens is 264 g/mol. The van der Waals surface area contributed by atoms with E-state index in [1.807, 2.05) is 0 Å². The Morgan fingerprint density at radius 2 is 1.83 bits per heavy atom. The molecule has 18 heavy (non-hydrogen) atoms. The van der Waals surface area contributed by atoms with Gasteiger partial charge in [0.2, 0.25) is 5.91 Å². The molecule has 0 bridgehead atoms. The molecule has 0 aliphatic rings. The maximum Gasteiger partial charge on any atom is 0.407 e. The second kappa shape index (κ2) is 6.01. The molecule has 0 aliphatic heterocycles. The average molecular weight is 282 g/mol. The molecule has 0 rings (SSSR count). The van der Waals surface area contributed by atoms with E-state index in [0.717, 1.165) is 6.26 Å². The smallest absolute Gasteiger partial charge is 0.407 e. The third kappa shape index (κ3) is 8.76. The number of ether oxygens (including phenoxy) is 1. The molecule has 3 N–H and O–H groups in total. The van der Waals surface area contributed by atoms with Crippen molar-refractivity contribution in [1.82, 2.24) is 5.32 Å². The van der Waals surface area contributed by atoms with E-state index in [9.17, 15) is 18.0 Å². The Labute approximate surface area is 106 Å². The number of primary amides is 1. The zero-order valence-corrected chi connectivity index (χ0v) is 11.5. The van der Waals surface area contributed by atoms with Crippen molar-refractivity contribution in [2.24, 2.45) is 5.73 Å². The van der Waals surface area contributed by atoms with Gasteiger partial charge in [-0.25, -0.2) is 4.79 Å². The summed E-state index contributed by atoms with van der Waals surface area (Å²) >= 11 is 0. The number of carbonyl (C=O) groups excluding carboxylic acids is 2. The number of alkyl carbamates (subject to hydrolysis) is 1. The highest BCUT2D eigenvalue weighted by molar-refractivity contribution is 7.86. The molecule has 0 aliphatic carbocycles. The molecule has 0 saturated heterocycles. The Hall–Kier alpha value is -1.35. The fourth-order valence-corrected chi connectivity index (χ4v) is 1.47. The van der Waals surface area contributed by atoms with Crippen LogP contribution in [0.15, 0.2) is 0 Å². The number of nitrogens with one attached hydrogen (secondary N) is 1. The summed E-state index contributed by atoms with van der Waals surface area (Å²) in [5, 5.41) is 2.19. The van der Waals surface area contributed by atoms with Crippen molar-refractivity contribution in [3.05, 3.63) is 0 Å². The molecule has 0 spiro atoms. The Kier molecular flexibility index (Phi) is 5.55. The van der Waals surface area contributed by atoms with Crippen LogP contribution in [0.4, 0.5) is 4.79 Å². The first-order valence-corrected chi connectivity index (χ1v) is 6.87. The maximum absolute atomic E-state index is 11.3. The highest BCUT2D eigenvalue weighted by Gasteiger charge is 2.23. The lowest BCUT2D eigenvalue weighted by Gasteiger charge is -2.20. The van der Waals surface area contributed by atoms with Crippen molar-refractivity contribution in [1.29, 1.82) is 0 Å². The first-order chi connectivity index (χ1) is 7.91. The van der Waals surface area contributed by atoms with E-state index < -0.39 is 40.4 Å². The fraction of sp³-hybridized carbons (Fsp3) is 0.778. The Morgan fingerprint density at radius 3 is 2.17 bits per heavy atom. The van der Waals surface area contributed by atoms with E-state index in [0.29, 0.717) is 0 Å². The van der Waals surface area contributed by atoms with Crippen molar-refractivity contribution in [2.75, 3.05) is 12.8 Å². The first-order valence-electron chi connectivity index (χ1n) is 5.05. The van der Waals surface area contributed by atoms with Gasteiger partial charge in [0, 0.05) is 0 Å². The third-order valence-corrected chi connectivity index (χ3v) is 2.02. The summed E-state index contributed by atoms with van der Waals surface area (Å²) < 4.78 is 31.0. The predicted molar refractivity (Wildman–Crippen MR) is 63.1 cm³/mol. The van der Waals surface area contributed by atoms with Crippen LogP contribution in [0.5, 0.6) is 0 Å². The van der Waals surface area contributed by atoms with Crippen LogP contribution >= 0.6 is 0 Å². The summed E-state index contributed by atoms with van der Waals surface area (Å²) in [5.74, 6) is -1.00. The zero-order valence-electron chi connectivity index (χ0n) is 10.7. The molecular formula is C9H18N2O6S. The van der Waals surface area contributed by atoms with Gasteiger partial charge in [0.05, 0.1) is 12.8 Å². The predicted octanol–water partition coefficient (Wildman–Crippen LogP) is -0.659. The van der Waals surface area contributed by atoms with Crippen molar-refractivity contribution in [3.8, 4) is 0 Å². The normalized spacial score (nSPS) is 13.8. The summed E-state index contributed by atoms with van der Waals surface area (Å²) in [6.45, 7) is 4.58. The van der Waals surface area contributed by atoms with Gasteiger partial charge in [-0.15, -0.1) is 0 Å². The van der Waals surface area contributed by atoms with Crippen LogP contribution in [0, 0.1) is 0 Å². The van der Waals surface area contributed by atoms with E-state index in [4.69, 9.17) is 10.5 Å². The fourth-order valence-electron chi connectivity index (χ4n) is 0.883. The summed E-state index contributed by atoms with van der Waals surface area (Å²) in [7, 11) is -3.84. The Bertz CT molecular complexity index is 411. The maximum atomic E-state index is 11.3. The van der Waals surface area contributed by atoms with E-state index in [2.05, 4.69) is 9.50 Å². The van der Waals surface area contributed by atoms with Gasteiger partial charge in [-0.05, 0) is 20.8 Å². The van der Waals surface area contributed by atoms with Gasteiger partial charge in [-0.1, -0.05) is 0 Å². The molecule has 2 amide bonds. The van der Waals surface area contributed by atoms with E-state index in [1.165, 1.54) is 0 Å².